The molecule has 0 fully saturated rings. The Labute approximate surface area is 183 Å². The van der Waals surface area contributed by atoms with Gasteiger partial charge in [-0.3, -0.25) is 19.2 Å². The standard InChI is InChI=1S/C23H23NO8/c1-8-5-9(2)17(27)20(30)22(31)23(4)7-24-14-18(28)11-6-10(3)16(26)13(15(8)25)12(11)19(29)21(14)32-23/h5-6,9,17,20,24,26-27,30H,7H2,1-4H3/b8-5+/t9-,17-,20-,23-/m0/s1. The minimum absolute atomic E-state index is 0.0609. The van der Waals surface area contributed by atoms with Crippen LogP contribution in [0.15, 0.2) is 29.2 Å². The molecule has 32 heavy (non-hydrogen) atoms. The van der Waals surface area contributed by atoms with Crippen LogP contribution in [-0.4, -0.2) is 62.8 Å². The van der Waals surface area contributed by atoms with Crippen molar-refractivity contribution in [2.24, 2.45) is 5.92 Å². The highest BCUT2D eigenvalue weighted by Crippen LogP contribution is 2.39. The highest BCUT2D eigenvalue weighted by molar-refractivity contribution is 6.31. The summed E-state index contributed by atoms with van der Waals surface area (Å²) in [6.07, 6.45) is -2.09. The van der Waals surface area contributed by atoms with E-state index in [4.69, 9.17) is 4.74 Å². The monoisotopic (exact) mass is 441 g/mol. The Bertz CT molecular complexity index is 1180. The van der Waals surface area contributed by atoms with Gasteiger partial charge in [0.05, 0.1) is 23.8 Å². The Balaban J connectivity index is 2.06. The van der Waals surface area contributed by atoms with Gasteiger partial charge < -0.3 is 25.4 Å². The van der Waals surface area contributed by atoms with Gasteiger partial charge in [-0.05, 0) is 38.0 Å². The highest BCUT2D eigenvalue weighted by atomic mass is 16.5. The molecule has 1 aromatic rings. The van der Waals surface area contributed by atoms with E-state index in [1.165, 1.54) is 39.8 Å². The molecule has 1 aromatic carbocycles. The summed E-state index contributed by atoms with van der Waals surface area (Å²) in [6, 6.07) is 1.33. The van der Waals surface area contributed by atoms with Gasteiger partial charge in [0.2, 0.25) is 17.3 Å². The maximum atomic E-state index is 13.4. The van der Waals surface area contributed by atoms with Crippen LogP contribution < -0.4 is 5.32 Å². The van der Waals surface area contributed by atoms with Gasteiger partial charge in [-0.15, -0.1) is 0 Å². The Morgan fingerprint density at radius 1 is 1.06 bits per heavy atom. The van der Waals surface area contributed by atoms with Crippen LogP contribution in [0.4, 0.5) is 0 Å². The number of phenols is 1. The number of carbonyl (C=O) groups is 4. The number of ether oxygens (including phenoxy) is 1. The van der Waals surface area contributed by atoms with Crippen LogP contribution in [0.1, 0.15) is 57.4 Å². The smallest absolute Gasteiger partial charge is 0.231 e. The van der Waals surface area contributed by atoms with Gasteiger partial charge in [0.15, 0.2) is 17.1 Å². The fourth-order valence-electron chi connectivity index (χ4n) is 4.34. The quantitative estimate of drug-likeness (QED) is 0.457. The van der Waals surface area contributed by atoms with Gasteiger partial charge >= 0.3 is 0 Å². The molecule has 0 saturated carbocycles. The summed E-state index contributed by atoms with van der Waals surface area (Å²) < 4.78 is 5.70. The molecule has 0 spiro atoms. The van der Waals surface area contributed by atoms with Crippen molar-refractivity contribution in [3.05, 3.63) is 51.4 Å². The van der Waals surface area contributed by atoms with Crippen molar-refractivity contribution in [2.45, 2.75) is 45.5 Å². The van der Waals surface area contributed by atoms with Crippen molar-refractivity contribution in [1.82, 2.24) is 5.32 Å². The molecule has 168 valence electrons. The Kier molecular flexibility index (Phi) is 4.87. The molecule has 2 heterocycles. The molecule has 9 nitrogen and oxygen atoms in total. The summed E-state index contributed by atoms with van der Waals surface area (Å²) in [7, 11) is 0. The first-order valence-corrected chi connectivity index (χ1v) is 10.2. The van der Waals surface area contributed by atoms with Crippen molar-refractivity contribution in [1.29, 1.82) is 0 Å². The summed E-state index contributed by atoms with van der Waals surface area (Å²) in [5.41, 5.74) is -2.35. The van der Waals surface area contributed by atoms with E-state index in [0.29, 0.717) is 0 Å². The molecule has 9 heteroatoms. The molecule has 4 N–H and O–H groups in total. The predicted molar refractivity (Wildman–Crippen MR) is 110 cm³/mol. The lowest BCUT2D eigenvalue weighted by Crippen LogP contribution is -2.58. The highest BCUT2D eigenvalue weighted by Gasteiger charge is 2.50. The molecule has 3 bridgehead atoms. The second-order valence-corrected chi connectivity index (χ2v) is 8.73. The Morgan fingerprint density at radius 2 is 1.72 bits per heavy atom. The van der Waals surface area contributed by atoms with E-state index in [9.17, 15) is 34.5 Å². The number of aromatic hydroxyl groups is 1. The largest absolute Gasteiger partial charge is 0.507 e. The van der Waals surface area contributed by atoms with Crippen LogP contribution in [-0.2, 0) is 9.53 Å². The van der Waals surface area contributed by atoms with Gasteiger partial charge in [0.25, 0.3) is 0 Å². The molecule has 4 atom stereocenters. The third-order valence-corrected chi connectivity index (χ3v) is 6.30. The zero-order valence-corrected chi connectivity index (χ0v) is 18.0. The van der Waals surface area contributed by atoms with Crippen molar-refractivity contribution < 1.29 is 39.2 Å². The average molecular weight is 441 g/mol. The predicted octanol–water partition coefficient (Wildman–Crippen LogP) is 0.739. The first-order chi connectivity index (χ1) is 14.9. The molecule has 4 rings (SSSR count). The molecule has 0 saturated heterocycles. The van der Waals surface area contributed by atoms with E-state index in [1.54, 1.807) is 0 Å². The van der Waals surface area contributed by atoms with Crippen LogP contribution in [0.3, 0.4) is 0 Å². The number of rotatable bonds is 0. The molecule has 0 unspecified atom stereocenters. The zero-order chi connectivity index (χ0) is 23.7. The van der Waals surface area contributed by atoms with Crippen molar-refractivity contribution >= 4 is 23.1 Å². The number of ketones is 4. The van der Waals surface area contributed by atoms with Crippen LogP contribution in [0.2, 0.25) is 0 Å². The number of hydrogen-bond acceptors (Lipinski definition) is 9. The topological polar surface area (TPSA) is 150 Å². The number of phenolic OH excluding ortho intramolecular Hbond substituents is 1. The number of aryl methyl sites for hydroxylation is 1. The molecule has 1 aliphatic carbocycles. The first-order valence-electron chi connectivity index (χ1n) is 10.2. The minimum atomic E-state index is -1.87. The van der Waals surface area contributed by atoms with Crippen LogP contribution >= 0.6 is 0 Å². The number of allylic oxidation sites excluding steroid dienone is 3. The number of Topliss-reactive ketones (excluding diaryl/α,β-unsaturated/α-hetero) is 4. The number of fused-ring (bicyclic) bond motifs is 1. The lowest BCUT2D eigenvalue weighted by atomic mass is 9.82. The molecule has 0 radical (unpaired) electrons. The zero-order valence-electron chi connectivity index (χ0n) is 18.0. The molecular weight excluding hydrogens is 418 g/mol. The van der Waals surface area contributed by atoms with Gasteiger partial charge in [0.1, 0.15) is 17.6 Å². The third-order valence-electron chi connectivity index (χ3n) is 6.30. The van der Waals surface area contributed by atoms with E-state index in [2.05, 4.69) is 5.32 Å². The van der Waals surface area contributed by atoms with E-state index in [1.807, 2.05) is 0 Å². The maximum Gasteiger partial charge on any atom is 0.231 e. The number of aliphatic hydroxyl groups is 2. The number of nitrogens with one attached hydrogen (secondary N) is 1. The van der Waals surface area contributed by atoms with E-state index in [-0.39, 0.29) is 40.1 Å². The summed E-state index contributed by atoms with van der Waals surface area (Å²) in [5.74, 6) is -4.82. The second kappa shape index (κ2) is 7.11. The normalized spacial score (nSPS) is 31.8. The number of hydrogen-bond donors (Lipinski definition) is 4. The van der Waals surface area contributed by atoms with Gasteiger partial charge in [-0.1, -0.05) is 13.0 Å². The Morgan fingerprint density at radius 3 is 2.38 bits per heavy atom. The van der Waals surface area contributed by atoms with E-state index >= 15 is 0 Å². The molecular formula is C23H23NO8. The lowest BCUT2D eigenvalue weighted by Gasteiger charge is -2.39. The van der Waals surface area contributed by atoms with Gasteiger partial charge in [-0.25, -0.2) is 0 Å². The van der Waals surface area contributed by atoms with E-state index < -0.39 is 58.4 Å². The Hall–Kier alpha value is -3.30. The fraction of sp³-hybridized carbons (Fsp3) is 0.391. The SMILES string of the molecule is C/C1=C\[C@H](C)[C@H](O)[C@H](O)C(=O)[C@]2(C)CNC3=C(O2)C(=O)c2c(cc(C)c(O)c2C1=O)C3=O. The van der Waals surface area contributed by atoms with Crippen LogP contribution in [0.25, 0.3) is 0 Å². The van der Waals surface area contributed by atoms with Gasteiger partial charge in [0, 0.05) is 11.5 Å². The summed E-state index contributed by atoms with van der Waals surface area (Å²) >= 11 is 0. The third kappa shape index (κ3) is 2.92. The lowest BCUT2D eigenvalue weighted by molar-refractivity contribution is -0.154. The maximum absolute atomic E-state index is 13.4. The number of aliphatic hydroxyl groups excluding tert-OH is 2. The van der Waals surface area contributed by atoms with Crippen molar-refractivity contribution in [2.75, 3.05) is 6.54 Å². The summed E-state index contributed by atoms with van der Waals surface area (Å²) in [4.78, 5) is 52.9. The van der Waals surface area contributed by atoms with Crippen molar-refractivity contribution in [3.8, 4) is 5.75 Å². The fourth-order valence-corrected chi connectivity index (χ4v) is 4.34. The number of benzene rings is 1. The van der Waals surface area contributed by atoms with Crippen molar-refractivity contribution in [3.63, 3.8) is 0 Å². The first kappa shape index (κ1) is 21.9. The molecule has 3 aliphatic rings. The van der Waals surface area contributed by atoms with Gasteiger partial charge in [-0.2, -0.15) is 0 Å². The molecule has 0 amide bonds. The van der Waals surface area contributed by atoms with E-state index in [0.717, 1.165) is 0 Å². The second-order valence-electron chi connectivity index (χ2n) is 8.73. The number of carbonyl (C=O) groups excluding carboxylic acids is 4. The van der Waals surface area contributed by atoms with Crippen LogP contribution in [0, 0.1) is 12.8 Å². The minimum Gasteiger partial charge on any atom is -0.507 e. The molecule has 0 aromatic heterocycles. The van der Waals surface area contributed by atoms with Crippen LogP contribution in [0.5, 0.6) is 5.75 Å². The molecule has 2 aliphatic heterocycles. The average Bonchev–Trinajstić information content (AvgIpc) is 2.76. The summed E-state index contributed by atoms with van der Waals surface area (Å²) in [6.45, 7) is 5.54. The summed E-state index contributed by atoms with van der Waals surface area (Å²) in [5, 5.41) is 34.5.